The zero-order valence-electron chi connectivity index (χ0n) is 10.3. The van der Waals surface area contributed by atoms with Crippen LogP contribution in [0.1, 0.15) is 13.8 Å². The fourth-order valence-corrected chi connectivity index (χ4v) is 1.49. The molecule has 0 aliphatic heterocycles. The van der Waals surface area contributed by atoms with Crippen molar-refractivity contribution in [1.82, 2.24) is 20.2 Å². The van der Waals surface area contributed by atoms with Crippen molar-refractivity contribution >= 4 is 5.78 Å². The fraction of sp³-hybridized carbons (Fsp3) is 0.333. The van der Waals surface area contributed by atoms with Gasteiger partial charge in [0.15, 0.2) is 5.78 Å². The third-order valence-electron chi connectivity index (χ3n) is 2.24. The van der Waals surface area contributed by atoms with E-state index in [1.165, 1.54) is 11.7 Å². The minimum atomic E-state index is -0.00866. The van der Waals surface area contributed by atoms with Gasteiger partial charge in [0.2, 0.25) is 5.82 Å². The Labute approximate surface area is 105 Å². The van der Waals surface area contributed by atoms with Gasteiger partial charge in [-0.2, -0.15) is 4.80 Å². The van der Waals surface area contributed by atoms with Crippen LogP contribution >= 0.6 is 0 Å². The molecule has 0 N–H and O–H groups in total. The molecule has 0 unspecified atom stereocenters. The maximum Gasteiger partial charge on any atom is 0.204 e. The molecule has 0 atom stereocenters. The number of Topliss-reactive ketones (excluding diaryl/α,β-unsaturated/α-hetero) is 1. The van der Waals surface area contributed by atoms with Gasteiger partial charge in [-0.05, 0) is 43.3 Å². The number of hydrogen-bond acceptors (Lipinski definition) is 5. The van der Waals surface area contributed by atoms with Crippen molar-refractivity contribution in [3.63, 3.8) is 0 Å². The lowest BCUT2D eigenvalue weighted by Gasteiger charge is -2.02. The zero-order valence-corrected chi connectivity index (χ0v) is 10.3. The predicted molar refractivity (Wildman–Crippen MR) is 65.1 cm³/mol. The smallest absolute Gasteiger partial charge is 0.204 e. The summed E-state index contributed by atoms with van der Waals surface area (Å²) in [6, 6.07) is 7.43. The van der Waals surface area contributed by atoms with Crippen molar-refractivity contribution in [3.8, 4) is 17.1 Å². The summed E-state index contributed by atoms with van der Waals surface area (Å²) < 4.78 is 5.35. The number of nitrogens with zero attached hydrogens (tertiary/aromatic N) is 4. The van der Waals surface area contributed by atoms with E-state index in [0.717, 1.165) is 11.3 Å². The highest BCUT2D eigenvalue weighted by molar-refractivity contribution is 5.75. The van der Waals surface area contributed by atoms with Gasteiger partial charge in [-0.25, -0.2) is 0 Å². The number of hydrogen-bond donors (Lipinski definition) is 0. The molecule has 1 aromatic heterocycles. The van der Waals surface area contributed by atoms with Crippen molar-refractivity contribution in [2.75, 3.05) is 6.61 Å². The summed E-state index contributed by atoms with van der Waals surface area (Å²) in [6.45, 7) is 4.19. The summed E-state index contributed by atoms with van der Waals surface area (Å²) in [5, 5.41) is 11.8. The van der Waals surface area contributed by atoms with E-state index in [0.29, 0.717) is 12.4 Å². The summed E-state index contributed by atoms with van der Waals surface area (Å²) in [6.07, 6.45) is 0. The zero-order chi connectivity index (χ0) is 13.0. The van der Waals surface area contributed by atoms with E-state index in [2.05, 4.69) is 15.4 Å². The number of aromatic nitrogens is 4. The second-order valence-corrected chi connectivity index (χ2v) is 3.80. The molecular weight excluding hydrogens is 232 g/mol. The average molecular weight is 246 g/mol. The lowest BCUT2D eigenvalue weighted by molar-refractivity contribution is -0.117. The molecule has 1 aromatic carbocycles. The van der Waals surface area contributed by atoms with E-state index in [1.54, 1.807) is 0 Å². The quantitative estimate of drug-likeness (QED) is 0.796. The van der Waals surface area contributed by atoms with Crippen LogP contribution in [0.4, 0.5) is 0 Å². The molecule has 0 saturated heterocycles. The monoisotopic (exact) mass is 246 g/mol. The number of benzene rings is 1. The van der Waals surface area contributed by atoms with Gasteiger partial charge in [0, 0.05) is 5.56 Å². The highest BCUT2D eigenvalue weighted by atomic mass is 16.5. The highest BCUT2D eigenvalue weighted by Gasteiger charge is 2.07. The van der Waals surface area contributed by atoms with Gasteiger partial charge in [-0.15, -0.1) is 10.2 Å². The van der Waals surface area contributed by atoms with Gasteiger partial charge in [0.1, 0.15) is 12.3 Å². The van der Waals surface area contributed by atoms with E-state index in [1.807, 2.05) is 31.2 Å². The van der Waals surface area contributed by atoms with Crippen LogP contribution in [-0.4, -0.2) is 32.6 Å². The van der Waals surface area contributed by atoms with E-state index < -0.39 is 0 Å². The first-order chi connectivity index (χ1) is 8.69. The topological polar surface area (TPSA) is 69.9 Å². The molecule has 2 rings (SSSR count). The molecule has 0 bridgehead atoms. The molecule has 0 amide bonds. The average Bonchev–Trinajstić information content (AvgIpc) is 2.78. The molecular formula is C12H14N4O2. The standard InChI is InChI=1S/C12H14N4O2/c1-3-18-11-6-4-10(5-7-11)12-13-15-16(14-12)8-9(2)17/h4-7H,3,8H2,1-2H3. The van der Waals surface area contributed by atoms with Gasteiger partial charge in [0.05, 0.1) is 6.61 Å². The Kier molecular flexibility index (Phi) is 3.66. The lowest BCUT2D eigenvalue weighted by Crippen LogP contribution is -2.09. The van der Waals surface area contributed by atoms with E-state index >= 15 is 0 Å². The number of carbonyl (C=O) groups excluding carboxylic acids is 1. The van der Waals surface area contributed by atoms with Crippen LogP contribution in [0.25, 0.3) is 11.4 Å². The Morgan fingerprint density at radius 2 is 2.06 bits per heavy atom. The second kappa shape index (κ2) is 5.39. The number of rotatable bonds is 5. The van der Waals surface area contributed by atoms with Gasteiger partial charge < -0.3 is 4.74 Å². The molecule has 0 fully saturated rings. The predicted octanol–water partition coefficient (Wildman–Crippen LogP) is 1.33. The van der Waals surface area contributed by atoms with Crippen LogP contribution in [0.2, 0.25) is 0 Å². The molecule has 0 saturated carbocycles. The van der Waals surface area contributed by atoms with Crippen LogP contribution in [0, 0.1) is 0 Å². The highest BCUT2D eigenvalue weighted by Crippen LogP contribution is 2.18. The molecule has 6 nitrogen and oxygen atoms in total. The number of carbonyl (C=O) groups is 1. The Morgan fingerprint density at radius 1 is 1.33 bits per heavy atom. The molecule has 94 valence electrons. The summed E-state index contributed by atoms with van der Waals surface area (Å²) in [5.41, 5.74) is 0.841. The molecule has 0 aliphatic rings. The minimum absolute atomic E-state index is 0.00866. The summed E-state index contributed by atoms with van der Waals surface area (Å²) >= 11 is 0. The van der Waals surface area contributed by atoms with Crippen molar-refractivity contribution in [1.29, 1.82) is 0 Å². The van der Waals surface area contributed by atoms with Gasteiger partial charge in [-0.1, -0.05) is 0 Å². The second-order valence-electron chi connectivity index (χ2n) is 3.80. The number of ketones is 1. The molecule has 2 aromatic rings. The van der Waals surface area contributed by atoms with Crippen LogP contribution in [0.5, 0.6) is 5.75 Å². The Bertz CT molecular complexity index is 533. The Hall–Kier alpha value is -2.24. The van der Waals surface area contributed by atoms with Crippen molar-refractivity contribution in [3.05, 3.63) is 24.3 Å². The third kappa shape index (κ3) is 2.91. The van der Waals surface area contributed by atoms with Gasteiger partial charge >= 0.3 is 0 Å². The SMILES string of the molecule is CCOc1ccc(-c2nnn(CC(C)=O)n2)cc1. The van der Waals surface area contributed by atoms with Crippen molar-refractivity contribution in [2.45, 2.75) is 20.4 Å². The molecule has 0 aliphatic carbocycles. The molecule has 6 heteroatoms. The lowest BCUT2D eigenvalue weighted by atomic mass is 10.2. The van der Waals surface area contributed by atoms with E-state index in [9.17, 15) is 4.79 Å². The summed E-state index contributed by atoms with van der Waals surface area (Å²) in [7, 11) is 0. The van der Waals surface area contributed by atoms with E-state index in [4.69, 9.17) is 4.74 Å². The minimum Gasteiger partial charge on any atom is -0.494 e. The number of tetrazole rings is 1. The first-order valence-corrected chi connectivity index (χ1v) is 5.69. The normalized spacial score (nSPS) is 10.3. The third-order valence-corrected chi connectivity index (χ3v) is 2.24. The Morgan fingerprint density at radius 3 is 2.67 bits per heavy atom. The van der Waals surface area contributed by atoms with Gasteiger partial charge in [-0.3, -0.25) is 4.79 Å². The van der Waals surface area contributed by atoms with Crippen LogP contribution < -0.4 is 4.74 Å². The van der Waals surface area contributed by atoms with Crippen molar-refractivity contribution in [2.24, 2.45) is 0 Å². The maximum absolute atomic E-state index is 10.9. The molecule has 0 radical (unpaired) electrons. The van der Waals surface area contributed by atoms with Crippen LogP contribution in [-0.2, 0) is 11.3 Å². The number of ether oxygens (including phenoxy) is 1. The van der Waals surface area contributed by atoms with Crippen molar-refractivity contribution < 1.29 is 9.53 Å². The van der Waals surface area contributed by atoms with Gasteiger partial charge in [0.25, 0.3) is 0 Å². The summed E-state index contributed by atoms with van der Waals surface area (Å²) in [4.78, 5) is 12.2. The maximum atomic E-state index is 10.9. The largest absolute Gasteiger partial charge is 0.494 e. The first kappa shape index (κ1) is 12.2. The molecule has 18 heavy (non-hydrogen) atoms. The van der Waals surface area contributed by atoms with E-state index in [-0.39, 0.29) is 12.3 Å². The fourth-order valence-electron chi connectivity index (χ4n) is 1.49. The summed E-state index contributed by atoms with van der Waals surface area (Å²) in [5.74, 6) is 1.29. The van der Waals surface area contributed by atoms with Crippen LogP contribution in [0.3, 0.4) is 0 Å². The first-order valence-electron chi connectivity index (χ1n) is 5.69. The Balaban J connectivity index is 2.15. The molecule has 1 heterocycles. The molecule has 0 spiro atoms. The van der Waals surface area contributed by atoms with Crippen LogP contribution in [0.15, 0.2) is 24.3 Å².